The predicted octanol–water partition coefficient (Wildman–Crippen LogP) is 6.40. The first-order valence-corrected chi connectivity index (χ1v) is 9.76. The molecule has 3 heteroatoms. The van der Waals surface area contributed by atoms with Crippen LogP contribution in [0.2, 0.25) is 0 Å². The highest BCUT2D eigenvalue weighted by molar-refractivity contribution is 6.28. The molecule has 1 N–H and O–H groups in total. The van der Waals surface area contributed by atoms with Gasteiger partial charge in [0, 0.05) is 0 Å². The SMILES string of the molecule is C1CCNCC1.Cl.ClC(c1ccccc1)(c1ccccc1)c1ccccc1. The van der Waals surface area contributed by atoms with Gasteiger partial charge in [-0.05, 0) is 42.6 Å². The fourth-order valence-corrected chi connectivity index (χ4v) is 3.68. The molecular formula is C24H27Cl2N. The minimum absolute atomic E-state index is 0. The maximum Gasteiger partial charge on any atom is 0.119 e. The summed E-state index contributed by atoms with van der Waals surface area (Å²) in [5, 5.41) is 3.28. The first-order valence-electron chi connectivity index (χ1n) is 9.38. The molecular weight excluding hydrogens is 373 g/mol. The topological polar surface area (TPSA) is 12.0 Å². The van der Waals surface area contributed by atoms with Gasteiger partial charge in [-0.15, -0.1) is 24.0 Å². The molecule has 0 aliphatic carbocycles. The Morgan fingerprint density at radius 3 is 1.11 bits per heavy atom. The smallest absolute Gasteiger partial charge is 0.119 e. The summed E-state index contributed by atoms with van der Waals surface area (Å²) >= 11 is 7.12. The molecule has 0 spiro atoms. The average Bonchev–Trinajstić information content (AvgIpc) is 2.77. The molecule has 1 fully saturated rings. The Hall–Kier alpha value is -1.80. The minimum Gasteiger partial charge on any atom is -0.317 e. The van der Waals surface area contributed by atoms with Gasteiger partial charge in [0.2, 0.25) is 0 Å². The van der Waals surface area contributed by atoms with E-state index >= 15 is 0 Å². The lowest BCUT2D eigenvalue weighted by molar-refractivity contribution is 0.520. The van der Waals surface area contributed by atoms with Crippen molar-refractivity contribution < 1.29 is 0 Å². The first kappa shape index (κ1) is 21.5. The predicted molar refractivity (Wildman–Crippen MR) is 119 cm³/mol. The lowest BCUT2D eigenvalue weighted by Crippen LogP contribution is -2.22. The van der Waals surface area contributed by atoms with Gasteiger partial charge in [0.15, 0.2) is 0 Å². The second-order valence-electron chi connectivity index (χ2n) is 6.57. The quantitative estimate of drug-likeness (QED) is 0.396. The molecule has 3 aromatic rings. The number of alkyl halides is 1. The van der Waals surface area contributed by atoms with E-state index in [0.717, 1.165) is 16.7 Å². The van der Waals surface area contributed by atoms with Crippen LogP contribution in [0.1, 0.15) is 36.0 Å². The van der Waals surface area contributed by atoms with E-state index in [-0.39, 0.29) is 12.4 Å². The van der Waals surface area contributed by atoms with Gasteiger partial charge >= 0.3 is 0 Å². The number of rotatable bonds is 3. The number of nitrogens with one attached hydrogen (secondary N) is 1. The van der Waals surface area contributed by atoms with Crippen molar-refractivity contribution in [2.45, 2.75) is 24.1 Å². The van der Waals surface area contributed by atoms with Gasteiger partial charge in [-0.1, -0.05) is 97.4 Å². The third-order valence-electron chi connectivity index (χ3n) is 4.72. The van der Waals surface area contributed by atoms with Crippen LogP contribution in [-0.4, -0.2) is 13.1 Å². The van der Waals surface area contributed by atoms with E-state index in [4.69, 9.17) is 11.6 Å². The molecule has 27 heavy (non-hydrogen) atoms. The molecule has 1 saturated heterocycles. The van der Waals surface area contributed by atoms with E-state index in [9.17, 15) is 0 Å². The van der Waals surface area contributed by atoms with Crippen LogP contribution in [0.15, 0.2) is 91.0 Å². The normalized spacial score (nSPS) is 13.7. The van der Waals surface area contributed by atoms with Gasteiger partial charge in [-0.25, -0.2) is 0 Å². The second kappa shape index (κ2) is 11.1. The number of hydrogen-bond donors (Lipinski definition) is 1. The molecule has 1 aliphatic heterocycles. The largest absolute Gasteiger partial charge is 0.317 e. The van der Waals surface area contributed by atoms with Crippen LogP contribution >= 0.6 is 24.0 Å². The molecule has 1 heterocycles. The van der Waals surface area contributed by atoms with Crippen LogP contribution in [-0.2, 0) is 4.87 Å². The maximum atomic E-state index is 7.12. The molecule has 0 radical (unpaired) electrons. The fourth-order valence-electron chi connectivity index (χ4n) is 3.31. The van der Waals surface area contributed by atoms with Crippen LogP contribution in [0.5, 0.6) is 0 Å². The van der Waals surface area contributed by atoms with Crippen molar-refractivity contribution in [2.75, 3.05) is 13.1 Å². The number of halogens is 2. The highest BCUT2D eigenvalue weighted by Crippen LogP contribution is 2.42. The Balaban J connectivity index is 0.000000320. The zero-order valence-electron chi connectivity index (χ0n) is 15.5. The van der Waals surface area contributed by atoms with E-state index < -0.39 is 4.87 Å². The summed E-state index contributed by atoms with van der Waals surface area (Å²) in [6.45, 7) is 2.50. The Morgan fingerprint density at radius 2 is 0.889 bits per heavy atom. The van der Waals surface area contributed by atoms with E-state index in [1.54, 1.807) is 0 Å². The van der Waals surface area contributed by atoms with Crippen LogP contribution < -0.4 is 5.32 Å². The van der Waals surface area contributed by atoms with Gasteiger partial charge in [-0.3, -0.25) is 0 Å². The van der Waals surface area contributed by atoms with Crippen molar-refractivity contribution in [2.24, 2.45) is 0 Å². The molecule has 0 amide bonds. The number of hydrogen-bond acceptors (Lipinski definition) is 1. The number of piperidine rings is 1. The van der Waals surface area contributed by atoms with Crippen molar-refractivity contribution in [3.8, 4) is 0 Å². The highest BCUT2D eigenvalue weighted by atomic mass is 35.5. The zero-order chi connectivity index (χ0) is 18.1. The molecule has 1 nitrogen and oxygen atoms in total. The van der Waals surface area contributed by atoms with Crippen molar-refractivity contribution >= 4 is 24.0 Å². The summed E-state index contributed by atoms with van der Waals surface area (Å²) < 4.78 is 0. The molecule has 4 rings (SSSR count). The van der Waals surface area contributed by atoms with Gasteiger partial charge in [0.1, 0.15) is 4.87 Å². The van der Waals surface area contributed by atoms with Crippen LogP contribution in [0.25, 0.3) is 0 Å². The van der Waals surface area contributed by atoms with Gasteiger partial charge in [0.05, 0.1) is 0 Å². The minimum atomic E-state index is -0.649. The Bertz CT molecular complexity index is 648. The molecule has 0 bridgehead atoms. The summed E-state index contributed by atoms with van der Waals surface area (Å²) in [5.74, 6) is 0. The first-order chi connectivity index (χ1) is 12.8. The third-order valence-corrected chi connectivity index (χ3v) is 5.38. The standard InChI is InChI=1S/C19H15Cl.C5H11N.ClH/c20-19(16-10-4-1-5-11-16,17-12-6-2-7-13-17)18-14-8-3-9-15-18;1-2-4-6-5-3-1;/h1-15H;6H,1-5H2;1H. The summed E-state index contributed by atoms with van der Waals surface area (Å²) in [7, 11) is 0. The molecule has 142 valence electrons. The lowest BCUT2D eigenvalue weighted by atomic mass is 9.84. The van der Waals surface area contributed by atoms with Gasteiger partial charge < -0.3 is 5.32 Å². The van der Waals surface area contributed by atoms with Crippen molar-refractivity contribution in [1.82, 2.24) is 5.32 Å². The Morgan fingerprint density at radius 1 is 0.556 bits per heavy atom. The van der Waals surface area contributed by atoms with Crippen LogP contribution in [0, 0.1) is 0 Å². The molecule has 0 unspecified atom stereocenters. The average molecular weight is 400 g/mol. The van der Waals surface area contributed by atoms with Gasteiger partial charge in [-0.2, -0.15) is 0 Å². The van der Waals surface area contributed by atoms with E-state index in [2.05, 4.69) is 41.7 Å². The summed E-state index contributed by atoms with van der Waals surface area (Å²) in [6, 6.07) is 30.6. The van der Waals surface area contributed by atoms with Gasteiger partial charge in [0.25, 0.3) is 0 Å². The lowest BCUT2D eigenvalue weighted by Gasteiger charge is -2.29. The van der Waals surface area contributed by atoms with Crippen molar-refractivity contribution in [3.05, 3.63) is 108 Å². The number of benzene rings is 3. The van der Waals surface area contributed by atoms with Crippen LogP contribution in [0.4, 0.5) is 0 Å². The molecule has 3 aromatic carbocycles. The Kier molecular flexibility index (Phi) is 8.87. The highest BCUT2D eigenvalue weighted by Gasteiger charge is 2.33. The maximum absolute atomic E-state index is 7.12. The molecule has 0 atom stereocenters. The van der Waals surface area contributed by atoms with E-state index in [1.165, 1.54) is 32.4 Å². The monoisotopic (exact) mass is 399 g/mol. The molecule has 0 saturated carbocycles. The third kappa shape index (κ3) is 5.59. The molecule has 0 aromatic heterocycles. The van der Waals surface area contributed by atoms with Crippen molar-refractivity contribution in [1.29, 1.82) is 0 Å². The van der Waals surface area contributed by atoms with Crippen LogP contribution in [0.3, 0.4) is 0 Å². The molecule has 1 aliphatic rings. The zero-order valence-corrected chi connectivity index (χ0v) is 17.1. The second-order valence-corrected chi connectivity index (χ2v) is 7.13. The summed E-state index contributed by atoms with van der Waals surface area (Å²) in [5.41, 5.74) is 3.25. The van der Waals surface area contributed by atoms with E-state index in [1.807, 2.05) is 54.6 Å². The summed E-state index contributed by atoms with van der Waals surface area (Å²) in [6.07, 6.45) is 4.22. The fraction of sp³-hybridized carbons (Fsp3) is 0.250. The van der Waals surface area contributed by atoms with Crippen molar-refractivity contribution in [3.63, 3.8) is 0 Å². The van der Waals surface area contributed by atoms with E-state index in [0.29, 0.717) is 0 Å². The summed E-state index contributed by atoms with van der Waals surface area (Å²) in [4.78, 5) is -0.649. The Labute approximate surface area is 174 Å².